The van der Waals surface area contributed by atoms with Crippen LogP contribution in [-0.4, -0.2) is 88.7 Å². The Kier molecular flexibility index (Phi) is 20.7. The lowest BCUT2D eigenvalue weighted by molar-refractivity contribution is -0.136. The van der Waals surface area contributed by atoms with Crippen molar-refractivity contribution in [2.75, 3.05) is 0 Å². The predicted octanol–water partition coefficient (Wildman–Crippen LogP) is 2.27. The average Bonchev–Trinajstić information content (AvgIpc) is 3.19. The molecule has 0 saturated carbocycles. The summed E-state index contributed by atoms with van der Waals surface area (Å²) in [6.45, 7) is 15.0. The first-order chi connectivity index (χ1) is 28.3. The molecule has 7 amide bonds. The number of benzene rings is 2. The first-order valence-corrected chi connectivity index (χ1v) is 20.4. The molecule has 60 heavy (non-hydrogen) atoms. The second-order valence-electron chi connectivity index (χ2n) is 15.8. The molecule has 2 aromatic rings. The normalized spacial score (nSPS) is 14.4. The fourth-order valence-electron chi connectivity index (χ4n) is 6.09. The maximum atomic E-state index is 14.2. The highest BCUT2D eigenvalue weighted by molar-refractivity contribution is 5.98. The predicted molar refractivity (Wildman–Crippen MR) is 227 cm³/mol. The van der Waals surface area contributed by atoms with Gasteiger partial charge in [-0.2, -0.15) is 0 Å². The van der Waals surface area contributed by atoms with Gasteiger partial charge in [0.05, 0.1) is 0 Å². The summed E-state index contributed by atoms with van der Waals surface area (Å²) in [6.07, 6.45) is 1.78. The zero-order chi connectivity index (χ0) is 45.1. The van der Waals surface area contributed by atoms with Crippen molar-refractivity contribution in [1.29, 1.82) is 0 Å². The fourth-order valence-corrected chi connectivity index (χ4v) is 6.09. The average molecular weight is 834 g/mol. The number of rotatable bonds is 23. The zero-order valence-electron chi connectivity index (χ0n) is 36.1. The topological polar surface area (TPSA) is 241 Å². The minimum absolute atomic E-state index is 0.0319. The lowest BCUT2D eigenvalue weighted by atomic mass is 9.98. The van der Waals surface area contributed by atoms with Gasteiger partial charge in [0.25, 0.3) is 0 Å². The summed E-state index contributed by atoms with van der Waals surface area (Å²) in [5.41, 5.74) is 1.15. The van der Waals surface area contributed by atoms with Crippen LogP contribution in [0.25, 0.3) is 0 Å². The molecule has 0 aliphatic carbocycles. The molecular weight excluding hydrogens is 771 g/mol. The van der Waals surface area contributed by atoms with Gasteiger partial charge in [-0.1, -0.05) is 115 Å². The molecule has 0 heterocycles. The number of carboxylic acid groups (broad SMARTS) is 1. The summed E-state index contributed by atoms with van der Waals surface area (Å²) in [6, 6.07) is 11.3. The Morgan fingerprint density at radius 3 is 1.40 bits per heavy atom. The summed E-state index contributed by atoms with van der Waals surface area (Å²) >= 11 is 0. The summed E-state index contributed by atoms with van der Waals surface area (Å²) < 4.78 is 0. The van der Waals surface area contributed by atoms with Crippen LogP contribution in [0, 0.1) is 17.8 Å². The van der Waals surface area contributed by atoms with Crippen molar-refractivity contribution >= 4 is 47.3 Å². The molecule has 0 aliphatic rings. The number of hydrogen-bond donors (Lipinski definition) is 8. The number of carboxylic acids is 1. The van der Waals surface area contributed by atoms with Crippen molar-refractivity contribution < 1.29 is 43.5 Å². The molecule has 16 heteroatoms. The van der Waals surface area contributed by atoms with Crippen molar-refractivity contribution in [2.24, 2.45) is 17.8 Å². The quantitative estimate of drug-likeness (QED) is 0.0766. The van der Waals surface area contributed by atoms with Gasteiger partial charge in [0.15, 0.2) is 0 Å². The van der Waals surface area contributed by atoms with Crippen LogP contribution in [0.4, 0.5) is 0 Å². The number of amides is 7. The van der Waals surface area contributed by atoms with E-state index in [1.54, 1.807) is 65.0 Å². The highest BCUT2D eigenvalue weighted by Crippen LogP contribution is 2.12. The summed E-state index contributed by atoms with van der Waals surface area (Å²) in [4.78, 5) is 106. The van der Waals surface area contributed by atoms with Crippen LogP contribution in [0.5, 0.6) is 0 Å². The monoisotopic (exact) mass is 833 g/mol. The van der Waals surface area contributed by atoms with Gasteiger partial charge in [-0.3, -0.25) is 33.6 Å². The fraction of sp³-hybridized carbons (Fsp3) is 0.500. The molecule has 0 spiro atoms. The third-order valence-electron chi connectivity index (χ3n) is 9.53. The van der Waals surface area contributed by atoms with Gasteiger partial charge in [-0.15, -0.1) is 0 Å². The van der Waals surface area contributed by atoms with Crippen molar-refractivity contribution in [2.45, 2.75) is 124 Å². The number of aliphatic carboxylic acids is 1. The Labute approximate surface area is 352 Å². The van der Waals surface area contributed by atoms with E-state index in [0.29, 0.717) is 5.56 Å². The Bertz CT molecular complexity index is 1820. The van der Waals surface area contributed by atoms with E-state index in [9.17, 15) is 43.5 Å². The van der Waals surface area contributed by atoms with Crippen molar-refractivity contribution in [1.82, 2.24) is 37.2 Å². The minimum atomic E-state index is -1.35. The Hall–Kier alpha value is -6.06. The van der Waals surface area contributed by atoms with Gasteiger partial charge < -0.3 is 42.3 Å². The lowest BCUT2D eigenvalue weighted by Crippen LogP contribution is -2.61. The van der Waals surface area contributed by atoms with Gasteiger partial charge in [-0.25, -0.2) is 4.79 Å². The molecule has 2 aromatic carbocycles. The van der Waals surface area contributed by atoms with E-state index >= 15 is 0 Å². The third kappa shape index (κ3) is 16.7. The number of nitrogens with one attached hydrogen (secondary N) is 7. The second kappa shape index (κ2) is 24.8. The molecule has 0 aliphatic heterocycles. The third-order valence-corrected chi connectivity index (χ3v) is 9.53. The smallest absolute Gasteiger partial charge is 0.352 e. The number of hydrogen-bond acceptors (Lipinski definition) is 8. The first kappa shape index (κ1) is 50.1. The largest absolute Gasteiger partial charge is 0.477 e. The van der Waals surface area contributed by atoms with E-state index < -0.39 is 89.5 Å². The van der Waals surface area contributed by atoms with Gasteiger partial charge in [0.2, 0.25) is 41.4 Å². The second-order valence-corrected chi connectivity index (χ2v) is 15.8. The highest BCUT2D eigenvalue weighted by atomic mass is 16.4. The highest BCUT2D eigenvalue weighted by Gasteiger charge is 2.35. The van der Waals surface area contributed by atoms with Crippen molar-refractivity contribution in [3.8, 4) is 0 Å². The summed E-state index contributed by atoms with van der Waals surface area (Å²) in [7, 11) is 0. The molecule has 0 unspecified atom stereocenters. The Balaban J connectivity index is 2.34. The van der Waals surface area contributed by atoms with Gasteiger partial charge in [-0.05, 0) is 49.1 Å². The summed E-state index contributed by atoms with van der Waals surface area (Å²) in [5, 5.41) is 27.8. The molecule has 0 fully saturated rings. The van der Waals surface area contributed by atoms with Crippen LogP contribution in [0.2, 0.25) is 0 Å². The van der Waals surface area contributed by atoms with Gasteiger partial charge in [0.1, 0.15) is 41.9 Å². The number of carbonyl (C=O) groups is 8. The molecule has 16 nitrogen and oxygen atoms in total. The van der Waals surface area contributed by atoms with Crippen LogP contribution >= 0.6 is 0 Å². The van der Waals surface area contributed by atoms with E-state index in [1.165, 1.54) is 19.9 Å². The van der Waals surface area contributed by atoms with Crippen molar-refractivity contribution in [3.05, 3.63) is 83.6 Å². The van der Waals surface area contributed by atoms with Gasteiger partial charge >= 0.3 is 5.97 Å². The molecular formula is C44H63N7O9. The Morgan fingerprint density at radius 1 is 0.550 bits per heavy atom. The van der Waals surface area contributed by atoms with E-state index in [1.807, 2.05) is 44.2 Å². The van der Waals surface area contributed by atoms with Gasteiger partial charge in [0, 0.05) is 19.3 Å². The van der Waals surface area contributed by atoms with E-state index in [4.69, 9.17) is 0 Å². The van der Waals surface area contributed by atoms with Crippen molar-refractivity contribution in [3.63, 3.8) is 0 Å². The molecule has 6 atom stereocenters. The molecule has 0 radical (unpaired) electrons. The molecule has 2 rings (SSSR count). The molecule has 328 valence electrons. The molecule has 0 aromatic heterocycles. The maximum Gasteiger partial charge on any atom is 0.352 e. The summed E-state index contributed by atoms with van der Waals surface area (Å²) in [5.74, 6) is -6.80. The van der Waals surface area contributed by atoms with Crippen LogP contribution in [0.1, 0.15) is 86.3 Å². The Morgan fingerprint density at radius 2 is 0.967 bits per heavy atom. The lowest BCUT2D eigenvalue weighted by Gasteiger charge is -2.30. The first-order valence-electron chi connectivity index (χ1n) is 20.4. The maximum absolute atomic E-state index is 14.2. The molecule has 0 bridgehead atoms. The number of allylic oxidation sites excluding steroid dienone is 1. The zero-order valence-corrected chi connectivity index (χ0v) is 36.1. The molecule has 8 N–H and O–H groups in total. The minimum Gasteiger partial charge on any atom is -0.477 e. The van der Waals surface area contributed by atoms with Crippen LogP contribution in [-0.2, 0) is 51.2 Å². The van der Waals surface area contributed by atoms with E-state index in [-0.39, 0.29) is 43.2 Å². The van der Waals surface area contributed by atoms with E-state index in [2.05, 4.69) is 37.2 Å². The number of carbonyl (C=O) groups excluding carboxylic acids is 7. The molecule has 0 saturated heterocycles. The van der Waals surface area contributed by atoms with Crippen LogP contribution in [0.15, 0.2) is 72.4 Å². The van der Waals surface area contributed by atoms with Crippen LogP contribution < -0.4 is 37.2 Å². The van der Waals surface area contributed by atoms with Crippen LogP contribution in [0.3, 0.4) is 0 Å². The standard InChI is InChI=1S/C44H63N7O9/c1-10-31(44(59)60)47-38(53)28(9)45-42(57)36(26(5)6)51-43(58)37(27(7)8)50-41(56)34(24-30-20-16-13-17-21-30)49-39(54)32(22-25(3)4)48-40(55)33(46-35(52)11-2)23-29-18-14-12-15-19-29/h10,12-21,25-28,32-34,36-37H,11,22-24H2,1-9H3,(H,45,57)(H,46,52)(H,47,53)(H,48,55)(H,49,54)(H,50,56)(H,51,58)(H,59,60)/b31-10-/t28-,32-,33-,34-,36-,37-/m0/s1. The van der Waals surface area contributed by atoms with E-state index in [0.717, 1.165) is 5.56 Å². The SMILES string of the molecule is C/C=C(\NC(=O)[C@H](C)NC(=O)[C@@H](NC(=O)[C@@H](NC(=O)[C@H](Cc1ccccc1)NC(=O)[C@H](CC(C)C)NC(=O)[C@H](Cc1ccccc1)NC(=O)CC)C(C)C)C(C)C)C(=O)O.